The Hall–Kier alpha value is -2.53. The molecular weight excluding hydrogens is 342 g/mol. The van der Waals surface area contributed by atoms with Crippen molar-refractivity contribution >= 4 is 5.91 Å². The molecule has 1 saturated carbocycles. The molecule has 5 heteroatoms. The largest absolute Gasteiger partial charge is 0.508 e. The minimum absolute atomic E-state index is 0.0913. The minimum Gasteiger partial charge on any atom is -0.508 e. The van der Waals surface area contributed by atoms with E-state index in [-0.39, 0.29) is 17.8 Å². The first-order valence-corrected chi connectivity index (χ1v) is 9.57. The van der Waals surface area contributed by atoms with Crippen molar-refractivity contribution in [3.8, 4) is 11.5 Å². The lowest BCUT2D eigenvalue weighted by Gasteiger charge is -2.28. The van der Waals surface area contributed by atoms with Crippen molar-refractivity contribution in [1.29, 1.82) is 0 Å². The van der Waals surface area contributed by atoms with Gasteiger partial charge < -0.3 is 19.9 Å². The number of hydrogen-bond donors (Lipinski definition) is 2. The number of ether oxygens (including phenoxy) is 2. The van der Waals surface area contributed by atoms with Crippen LogP contribution in [0.5, 0.6) is 11.5 Å². The highest BCUT2D eigenvalue weighted by Crippen LogP contribution is 2.26. The molecule has 1 aliphatic rings. The van der Waals surface area contributed by atoms with Crippen LogP contribution in [-0.4, -0.2) is 36.9 Å². The molecule has 0 atom stereocenters. The monoisotopic (exact) mass is 369 g/mol. The zero-order chi connectivity index (χ0) is 18.9. The molecule has 0 saturated heterocycles. The zero-order valence-electron chi connectivity index (χ0n) is 15.5. The summed E-state index contributed by atoms with van der Waals surface area (Å²) >= 11 is 0. The standard InChI is InChI=1S/C22H27NO4/c24-19-10-8-18(9-11-19)22(25)23-16-17-6-12-21(13-7-17)27-15-14-26-20-4-2-1-3-5-20/h1-5,8-11,17,21,24H,6-7,12-16H2,(H,23,25)/t17-,21+. The van der Waals surface area contributed by atoms with Gasteiger partial charge in [-0.15, -0.1) is 0 Å². The lowest BCUT2D eigenvalue weighted by molar-refractivity contribution is 0.00439. The molecule has 144 valence electrons. The van der Waals surface area contributed by atoms with E-state index in [0.717, 1.165) is 31.4 Å². The third kappa shape index (κ3) is 6.29. The fourth-order valence-corrected chi connectivity index (χ4v) is 3.35. The molecule has 0 heterocycles. The highest BCUT2D eigenvalue weighted by atomic mass is 16.5. The Morgan fingerprint density at radius 2 is 1.67 bits per heavy atom. The third-order valence-corrected chi connectivity index (χ3v) is 4.92. The molecule has 27 heavy (non-hydrogen) atoms. The maximum atomic E-state index is 12.1. The molecule has 3 rings (SSSR count). The first-order valence-electron chi connectivity index (χ1n) is 9.57. The van der Waals surface area contributed by atoms with Crippen LogP contribution < -0.4 is 10.1 Å². The number of hydrogen-bond acceptors (Lipinski definition) is 4. The molecule has 1 amide bonds. The number of carbonyl (C=O) groups is 1. The second-order valence-corrected chi connectivity index (χ2v) is 6.93. The van der Waals surface area contributed by atoms with Gasteiger partial charge >= 0.3 is 0 Å². The molecule has 2 N–H and O–H groups in total. The Labute approximate surface area is 160 Å². The van der Waals surface area contributed by atoms with Gasteiger partial charge in [0, 0.05) is 12.1 Å². The van der Waals surface area contributed by atoms with Gasteiger partial charge in [0.1, 0.15) is 18.1 Å². The van der Waals surface area contributed by atoms with Crippen LogP contribution in [0.1, 0.15) is 36.0 Å². The second kappa shape index (κ2) is 9.97. The first kappa shape index (κ1) is 19.2. The van der Waals surface area contributed by atoms with Gasteiger partial charge in [-0.05, 0) is 68.0 Å². The van der Waals surface area contributed by atoms with E-state index < -0.39 is 0 Å². The summed E-state index contributed by atoms with van der Waals surface area (Å²) in [5.74, 6) is 1.44. The Kier molecular flexibility index (Phi) is 7.11. The smallest absolute Gasteiger partial charge is 0.251 e. The normalized spacial score (nSPS) is 19.4. The lowest BCUT2D eigenvalue weighted by Crippen LogP contribution is -2.33. The van der Waals surface area contributed by atoms with E-state index in [1.54, 1.807) is 12.1 Å². The van der Waals surface area contributed by atoms with Crippen LogP contribution in [-0.2, 0) is 4.74 Å². The molecule has 0 aromatic heterocycles. The van der Waals surface area contributed by atoms with Gasteiger partial charge in [0.05, 0.1) is 12.7 Å². The van der Waals surface area contributed by atoms with Gasteiger partial charge in [0.2, 0.25) is 0 Å². The molecule has 0 radical (unpaired) electrons. The van der Waals surface area contributed by atoms with Gasteiger partial charge in [0.25, 0.3) is 5.91 Å². The van der Waals surface area contributed by atoms with Gasteiger partial charge in [-0.1, -0.05) is 18.2 Å². The zero-order valence-corrected chi connectivity index (χ0v) is 15.5. The van der Waals surface area contributed by atoms with E-state index in [1.807, 2.05) is 30.3 Å². The van der Waals surface area contributed by atoms with Crippen molar-refractivity contribution < 1.29 is 19.4 Å². The van der Waals surface area contributed by atoms with Gasteiger partial charge in [-0.25, -0.2) is 0 Å². The summed E-state index contributed by atoms with van der Waals surface area (Å²) in [5.41, 5.74) is 0.572. The van der Waals surface area contributed by atoms with Crippen LogP contribution in [0, 0.1) is 5.92 Å². The molecule has 0 bridgehead atoms. The number of rotatable bonds is 8. The molecule has 0 spiro atoms. The van der Waals surface area contributed by atoms with Crippen LogP contribution in [0.15, 0.2) is 54.6 Å². The highest BCUT2D eigenvalue weighted by Gasteiger charge is 2.22. The van der Waals surface area contributed by atoms with Crippen LogP contribution >= 0.6 is 0 Å². The number of nitrogens with one attached hydrogen (secondary N) is 1. The molecule has 0 unspecified atom stereocenters. The number of para-hydroxylation sites is 1. The Balaban J connectivity index is 1.28. The minimum atomic E-state index is -0.0913. The number of amides is 1. The average molecular weight is 369 g/mol. The maximum Gasteiger partial charge on any atom is 0.251 e. The molecule has 2 aromatic carbocycles. The van der Waals surface area contributed by atoms with E-state index in [0.29, 0.717) is 31.2 Å². The van der Waals surface area contributed by atoms with Crippen LogP contribution in [0.4, 0.5) is 0 Å². The van der Waals surface area contributed by atoms with Gasteiger partial charge in [0.15, 0.2) is 0 Å². The van der Waals surface area contributed by atoms with Gasteiger partial charge in [-0.2, -0.15) is 0 Å². The second-order valence-electron chi connectivity index (χ2n) is 6.93. The molecule has 5 nitrogen and oxygen atoms in total. The SMILES string of the molecule is O=C(NC[C@H]1CC[C@@H](OCCOc2ccccc2)CC1)c1ccc(O)cc1. The molecule has 1 fully saturated rings. The number of phenolic OH excluding ortho intramolecular Hbond substituents is 1. The fraction of sp³-hybridized carbons (Fsp3) is 0.409. The van der Waals surface area contributed by atoms with Crippen molar-refractivity contribution in [1.82, 2.24) is 5.32 Å². The highest BCUT2D eigenvalue weighted by molar-refractivity contribution is 5.94. The van der Waals surface area contributed by atoms with E-state index in [1.165, 1.54) is 12.1 Å². The summed E-state index contributed by atoms with van der Waals surface area (Å²) < 4.78 is 11.6. The number of aromatic hydroxyl groups is 1. The van der Waals surface area contributed by atoms with Crippen molar-refractivity contribution in [3.05, 3.63) is 60.2 Å². The van der Waals surface area contributed by atoms with Crippen LogP contribution in [0.2, 0.25) is 0 Å². The summed E-state index contributed by atoms with van der Waals surface area (Å²) in [7, 11) is 0. The number of benzene rings is 2. The summed E-state index contributed by atoms with van der Waals surface area (Å²) in [4.78, 5) is 12.1. The summed E-state index contributed by atoms with van der Waals surface area (Å²) in [6.07, 6.45) is 4.43. The Morgan fingerprint density at radius 3 is 2.37 bits per heavy atom. The summed E-state index contributed by atoms with van der Waals surface area (Å²) in [6, 6.07) is 16.1. The summed E-state index contributed by atoms with van der Waals surface area (Å²) in [6.45, 7) is 1.85. The third-order valence-electron chi connectivity index (χ3n) is 4.92. The van der Waals surface area contributed by atoms with Crippen molar-refractivity contribution in [2.45, 2.75) is 31.8 Å². The van der Waals surface area contributed by atoms with Crippen LogP contribution in [0.3, 0.4) is 0 Å². The number of carbonyl (C=O) groups excluding carboxylic acids is 1. The fourth-order valence-electron chi connectivity index (χ4n) is 3.35. The van der Waals surface area contributed by atoms with Crippen molar-refractivity contribution in [2.24, 2.45) is 5.92 Å². The Bertz CT molecular complexity index is 694. The lowest BCUT2D eigenvalue weighted by atomic mass is 9.87. The van der Waals surface area contributed by atoms with E-state index in [9.17, 15) is 9.90 Å². The van der Waals surface area contributed by atoms with Crippen molar-refractivity contribution in [3.63, 3.8) is 0 Å². The molecule has 0 aliphatic heterocycles. The Morgan fingerprint density at radius 1 is 0.963 bits per heavy atom. The quantitative estimate of drug-likeness (QED) is 0.695. The summed E-state index contributed by atoms with van der Waals surface area (Å²) in [5, 5.41) is 12.3. The number of phenols is 1. The first-order chi connectivity index (χ1) is 13.2. The van der Waals surface area contributed by atoms with Gasteiger partial charge in [-0.3, -0.25) is 4.79 Å². The van der Waals surface area contributed by atoms with E-state index >= 15 is 0 Å². The predicted octanol–water partition coefficient (Wildman–Crippen LogP) is 3.78. The van der Waals surface area contributed by atoms with E-state index in [4.69, 9.17) is 9.47 Å². The molecule has 2 aromatic rings. The van der Waals surface area contributed by atoms with E-state index in [2.05, 4.69) is 5.32 Å². The predicted molar refractivity (Wildman–Crippen MR) is 104 cm³/mol. The molecule has 1 aliphatic carbocycles. The van der Waals surface area contributed by atoms with Crippen LogP contribution in [0.25, 0.3) is 0 Å². The average Bonchev–Trinajstić information content (AvgIpc) is 2.71. The topological polar surface area (TPSA) is 67.8 Å². The van der Waals surface area contributed by atoms with Crippen molar-refractivity contribution in [2.75, 3.05) is 19.8 Å². The maximum absolute atomic E-state index is 12.1. The molecular formula is C22H27NO4.